The molecule has 0 aromatic carbocycles. The molecule has 1 fully saturated rings. The fourth-order valence-corrected chi connectivity index (χ4v) is 9.58. The molecular weight excluding hydrogens is 1220 g/mol. The second-order valence-corrected chi connectivity index (χ2v) is 23.9. The van der Waals surface area contributed by atoms with Crippen molar-refractivity contribution in [3.05, 3.63) is 0 Å². The molecule has 494 valence electrons. The van der Waals surface area contributed by atoms with Crippen LogP contribution in [0.3, 0.4) is 0 Å². The first-order valence-electron chi connectivity index (χ1n) is 29.2. The van der Waals surface area contributed by atoms with Crippen molar-refractivity contribution in [2.45, 2.75) is 204 Å². The van der Waals surface area contributed by atoms with Gasteiger partial charge in [0.15, 0.2) is 0 Å². The van der Waals surface area contributed by atoms with Crippen LogP contribution in [0.1, 0.15) is 126 Å². The van der Waals surface area contributed by atoms with E-state index in [0.717, 1.165) is 19.3 Å². The summed E-state index contributed by atoms with van der Waals surface area (Å²) in [7, 11) is 11.3. The molecule has 11 amide bonds. The van der Waals surface area contributed by atoms with Crippen LogP contribution in [0.2, 0.25) is 0 Å². The molecule has 86 heavy (non-hydrogen) atoms. The molecule has 0 aliphatic carbocycles. The molecule has 30 nitrogen and oxygen atoms in total. The Kier molecular flexibility index (Phi) is 41.3. The third-order valence-electron chi connectivity index (χ3n) is 14.0. The van der Waals surface area contributed by atoms with Crippen molar-refractivity contribution < 1.29 is 68.1 Å². The molecule has 10 unspecified atom stereocenters. The number of amides is 11. The van der Waals surface area contributed by atoms with Gasteiger partial charge in [0.1, 0.15) is 60.4 Å². The molecule has 1 rings (SSSR count). The van der Waals surface area contributed by atoms with E-state index in [1.165, 1.54) is 20.8 Å². The maximum atomic E-state index is 14.6. The lowest BCUT2D eigenvalue weighted by molar-refractivity contribution is -0.137. The zero-order valence-corrected chi connectivity index (χ0v) is 56.4. The summed E-state index contributed by atoms with van der Waals surface area (Å²) in [5, 5.41) is 74.9. The molecule has 19 atom stereocenters. The lowest BCUT2D eigenvalue weighted by Crippen LogP contribution is -2.62. The maximum Gasteiger partial charge on any atom is 0.245 e. The van der Waals surface area contributed by atoms with Crippen molar-refractivity contribution >= 4 is 112 Å². The molecule has 1 aliphatic heterocycles. The topological polar surface area (TPSA) is 441 Å². The van der Waals surface area contributed by atoms with Gasteiger partial charge in [-0.1, -0.05) is 93.9 Å². The molecule has 1 heterocycles. The Balaban J connectivity index is 3.92. The second-order valence-electron chi connectivity index (χ2n) is 21.9. The fraction of sp³-hybridized carbons (Fsp3) is 0.784. The Bertz CT molecular complexity index is 2160. The SMILES string of the molecule is CCC(C)CCCCC(=O)N[C@@H](CCNP)C(=O)N[C@H](C(=O)N[C@H](CCNP)C(=O)NC1CCNC(=O)[C@H](C(C)O)NC(=O)[C@H](CCNP)NC(=O)[C@H](CCNP)NC(=O)[C@H](C(C)O)NC(=O)[C@@H](CC(C)C)NC(=O)[C@H](CCNP)NC1=O)C(C)O. The Labute approximate surface area is 517 Å². The van der Waals surface area contributed by atoms with Crippen molar-refractivity contribution in [2.24, 2.45) is 11.8 Å². The number of aliphatic hydroxyl groups excluding tert-OH is 3. The number of aliphatic hydroxyl groups is 3. The zero-order valence-electron chi connectivity index (χ0n) is 50.6. The molecule has 0 radical (unpaired) electrons. The van der Waals surface area contributed by atoms with Crippen molar-refractivity contribution in [3.8, 4) is 0 Å². The molecule has 0 aromatic heterocycles. The van der Waals surface area contributed by atoms with Crippen LogP contribution in [0, 0.1) is 11.8 Å². The molecule has 1 aliphatic rings. The van der Waals surface area contributed by atoms with Crippen LogP contribution in [0.25, 0.3) is 0 Å². The smallest absolute Gasteiger partial charge is 0.245 e. The summed E-state index contributed by atoms with van der Waals surface area (Å²) in [5.41, 5.74) is 0. The van der Waals surface area contributed by atoms with Gasteiger partial charge in [-0.3, -0.25) is 52.7 Å². The van der Waals surface area contributed by atoms with Gasteiger partial charge in [0.25, 0.3) is 0 Å². The highest BCUT2D eigenvalue weighted by molar-refractivity contribution is 7.14. The quantitative estimate of drug-likeness (QED) is 0.0216. The molecule has 19 N–H and O–H groups in total. The van der Waals surface area contributed by atoms with Crippen molar-refractivity contribution in [3.63, 3.8) is 0 Å². The van der Waals surface area contributed by atoms with E-state index in [0.29, 0.717) is 12.3 Å². The van der Waals surface area contributed by atoms with Gasteiger partial charge in [0, 0.05) is 45.7 Å². The third-order valence-corrected chi connectivity index (χ3v) is 15.5. The molecular formula is C51H101N16O14P5. The van der Waals surface area contributed by atoms with Gasteiger partial charge in [-0.25, -0.2) is 0 Å². The summed E-state index contributed by atoms with van der Waals surface area (Å²) in [5.74, 6) is -9.46. The van der Waals surface area contributed by atoms with Gasteiger partial charge in [0.2, 0.25) is 65.0 Å². The number of hydrogen-bond acceptors (Lipinski definition) is 19. The standard InChI is InChI=1S/C51H101N16O14P5/c1-8-27(4)11-9-10-12-38(71)58-31(14-20-53-82)46(76)66-40(29(6)69)50(80)62-34(16-22-55-84)43(73)59-32-13-19-52-49(79)39(28(5)68)65-47(77)36(18-24-57-86)61-44(74)35(17-23-56-85)63-51(81)41(30(7)70)67-48(78)37(25-26(2)3)64-45(75)33(15-21-54-83)60-42(32)72/h26-37,39-41,53-57,68-70H,8-25,82-86H2,1-7H3,(H,52,79)(H,58,71)(H,59,73)(H,60,72)(H,61,74)(H,62,80)(H,63,81)(H,64,75)(H,65,77)(H,66,76)(H,67,78)/t27?,28?,29?,30?,31-,32?,33-,34+,35-,36-,37+,39-,40-,41-/m0/s1. The summed E-state index contributed by atoms with van der Waals surface area (Å²) < 4.78 is 0. The molecule has 1 saturated heterocycles. The maximum absolute atomic E-state index is 14.6. The number of nitrogens with one attached hydrogen (secondary N) is 16. The number of rotatable bonds is 33. The predicted octanol–water partition coefficient (Wildman–Crippen LogP) is -5.00. The van der Waals surface area contributed by atoms with Gasteiger partial charge in [-0.15, -0.1) is 0 Å². The highest BCUT2D eigenvalue weighted by Gasteiger charge is 2.38. The fourth-order valence-electron chi connectivity index (χ4n) is 8.74. The zero-order chi connectivity index (χ0) is 65.1. The third kappa shape index (κ3) is 31.0. The van der Waals surface area contributed by atoms with E-state index in [1.807, 2.05) is 0 Å². The molecule has 0 spiro atoms. The van der Waals surface area contributed by atoms with Crippen LogP contribution in [0.5, 0.6) is 0 Å². The van der Waals surface area contributed by atoms with E-state index < -0.39 is 151 Å². The summed E-state index contributed by atoms with van der Waals surface area (Å²) >= 11 is 0. The summed E-state index contributed by atoms with van der Waals surface area (Å²) in [6, 6.07) is -14.9. The number of hydrogen-bond donors (Lipinski definition) is 19. The Morgan fingerprint density at radius 2 is 0.953 bits per heavy atom. The van der Waals surface area contributed by atoms with Crippen molar-refractivity contribution in [1.29, 1.82) is 0 Å². The van der Waals surface area contributed by atoms with Crippen LogP contribution < -0.4 is 83.9 Å². The summed E-state index contributed by atoms with van der Waals surface area (Å²) in [6.07, 6.45) is -1.89. The number of carbonyl (C=O) groups excluding carboxylic acids is 11. The van der Waals surface area contributed by atoms with E-state index >= 15 is 0 Å². The van der Waals surface area contributed by atoms with Gasteiger partial charge in [0.05, 0.1) is 18.3 Å². The van der Waals surface area contributed by atoms with E-state index in [1.54, 1.807) is 13.8 Å². The molecule has 0 aromatic rings. The lowest BCUT2D eigenvalue weighted by atomic mass is 10.0. The van der Waals surface area contributed by atoms with Gasteiger partial charge < -0.3 is 99.2 Å². The monoisotopic (exact) mass is 1320 g/mol. The number of carbonyl (C=O) groups is 11. The summed E-state index contributed by atoms with van der Waals surface area (Å²) in [4.78, 5) is 154. The Morgan fingerprint density at radius 3 is 1.42 bits per heavy atom. The lowest BCUT2D eigenvalue weighted by Gasteiger charge is -2.29. The minimum atomic E-state index is -1.70. The second kappa shape index (κ2) is 44.4. The molecule has 0 saturated carbocycles. The number of unbranched alkanes of at least 4 members (excludes halogenated alkanes) is 1. The Morgan fingerprint density at radius 1 is 0.512 bits per heavy atom. The average Bonchev–Trinajstić information content (AvgIpc) is 3.61. The first-order chi connectivity index (χ1) is 40.7. The van der Waals surface area contributed by atoms with E-state index in [9.17, 15) is 68.1 Å². The van der Waals surface area contributed by atoms with Crippen LogP contribution in [0.4, 0.5) is 0 Å². The van der Waals surface area contributed by atoms with E-state index in [-0.39, 0.29) is 89.5 Å². The first kappa shape index (κ1) is 80.0. The first-order valence-corrected chi connectivity index (χ1v) is 32.1. The van der Waals surface area contributed by atoms with Crippen LogP contribution >= 0.6 is 47.0 Å². The van der Waals surface area contributed by atoms with E-state index in [4.69, 9.17) is 0 Å². The average molecular weight is 1320 g/mol. The highest BCUT2D eigenvalue weighted by atomic mass is 31.0. The van der Waals surface area contributed by atoms with E-state index in [2.05, 4.69) is 145 Å². The van der Waals surface area contributed by atoms with Crippen molar-refractivity contribution in [1.82, 2.24) is 83.9 Å². The predicted molar refractivity (Wildman–Crippen MR) is 341 cm³/mol. The molecule has 35 heteroatoms. The van der Waals surface area contributed by atoms with Gasteiger partial charge in [-0.05, 0) is 84.0 Å². The largest absolute Gasteiger partial charge is 0.391 e. The van der Waals surface area contributed by atoms with Crippen LogP contribution in [-0.4, -0.2) is 198 Å². The Hall–Kier alpha value is -4.00. The van der Waals surface area contributed by atoms with Gasteiger partial charge in [-0.2, -0.15) is 0 Å². The minimum absolute atomic E-state index is 0.0111. The van der Waals surface area contributed by atoms with Gasteiger partial charge >= 0.3 is 0 Å². The highest BCUT2D eigenvalue weighted by Crippen LogP contribution is 2.14. The summed E-state index contributed by atoms with van der Waals surface area (Å²) in [6.45, 7) is 11.6. The minimum Gasteiger partial charge on any atom is -0.391 e. The van der Waals surface area contributed by atoms with Crippen LogP contribution in [-0.2, 0) is 52.7 Å². The molecule has 0 bridgehead atoms. The normalized spacial score (nSPS) is 23.2. The van der Waals surface area contributed by atoms with Crippen molar-refractivity contribution in [2.75, 3.05) is 39.3 Å². The van der Waals surface area contributed by atoms with Crippen LogP contribution in [0.15, 0.2) is 0 Å².